The fourth-order valence-corrected chi connectivity index (χ4v) is 9.98. The molecule has 0 bridgehead atoms. The number of allylic oxidation sites excluding steroid dienone is 2. The van der Waals surface area contributed by atoms with Gasteiger partial charge in [-0.2, -0.15) is 0 Å². The Morgan fingerprint density at radius 1 is 0.411 bits per heavy atom. The van der Waals surface area contributed by atoms with Crippen LogP contribution in [-0.2, 0) is 44.5 Å². The Labute approximate surface area is 728 Å². The zero-order valence-electron chi connectivity index (χ0n) is 72.8. The van der Waals surface area contributed by atoms with Crippen molar-refractivity contribution in [1.82, 2.24) is 0 Å². The number of hydrogen-bond acceptors (Lipinski definition) is 27. The molecule has 0 aliphatic heterocycles. The predicted octanol–water partition coefficient (Wildman–Crippen LogP) is 16.2. The van der Waals surface area contributed by atoms with Gasteiger partial charge in [0.2, 0.25) is 0 Å². The molecule has 0 amide bonds. The molecule has 0 saturated heterocycles. The van der Waals surface area contributed by atoms with Crippen molar-refractivity contribution < 1.29 is 137 Å². The van der Waals surface area contributed by atoms with Gasteiger partial charge >= 0.3 is 17.9 Å². The fraction of sp³-hybridized carbons (Fsp3) is 0.348. The van der Waals surface area contributed by atoms with Crippen LogP contribution in [0.4, 0.5) is 17.6 Å². The number of phenols is 2. The first-order valence-electron chi connectivity index (χ1n) is 38.0. The van der Waals surface area contributed by atoms with E-state index >= 15 is 0 Å². The van der Waals surface area contributed by atoms with Crippen molar-refractivity contribution in [2.75, 3.05) is 115 Å². The zero-order valence-corrected chi connectivity index (χ0v) is 74.4. The van der Waals surface area contributed by atoms with E-state index in [1.165, 1.54) is 143 Å². The molecule has 27 nitrogen and oxygen atoms in total. The highest BCUT2D eigenvalue weighted by molar-refractivity contribution is 9.09. The number of benzene rings is 8. The molecule has 674 valence electrons. The lowest BCUT2D eigenvalue weighted by Crippen LogP contribution is -2.27. The van der Waals surface area contributed by atoms with Gasteiger partial charge in [-0.05, 0) is 197 Å². The lowest BCUT2D eigenvalue weighted by Gasteiger charge is -2.19. The Kier molecular flexibility index (Phi) is 48.9. The van der Waals surface area contributed by atoms with E-state index in [9.17, 15) is 61.0 Å². The number of carbonyl (C=O) groups is 8. The maximum Gasteiger partial charge on any atom is 0.344 e. The van der Waals surface area contributed by atoms with E-state index in [0.717, 1.165) is 0 Å². The number of Topliss-reactive ketones (excluding diaryl/α,β-unsaturated/α-hetero) is 2. The van der Waals surface area contributed by atoms with Crippen molar-refractivity contribution in [2.45, 2.75) is 98.9 Å². The van der Waals surface area contributed by atoms with Gasteiger partial charge in [-0.1, -0.05) is 70.5 Å². The summed E-state index contributed by atoms with van der Waals surface area (Å²) in [6.07, 6.45) is 5.92. The predicted molar refractivity (Wildman–Crippen MR) is 464 cm³/mol. The Hall–Kier alpha value is -12.4. The summed E-state index contributed by atoms with van der Waals surface area (Å²) >= 11 is 2.99. The van der Waals surface area contributed by atoms with Crippen molar-refractivity contribution in [3.05, 3.63) is 226 Å². The molecule has 0 unspecified atom stereocenters. The van der Waals surface area contributed by atoms with Gasteiger partial charge in [-0.15, -0.1) is 0 Å². The number of carbonyl (C=O) groups excluding carboxylic acids is 8. The quantitative estimate of drug-likeness (QED) is 0.00425. The average molecular weight is 1800 g/mol. The fourth-order valence-electron chi connectivity index (χ4n) is 9.87. The minimum Gasteiger partial charge on any atom is -0.508 e. The van der Waals surface area contributed by atoms with Crippen molar-refractivity contribution >= 4 is 75.4 Å². The molecule has 6 N–H and O–H groups in total. The van der Waals surface area contributed by atoms with Gasteiger partial charge in [0.1, 0.15) is 45.1 Å². The summed E-state index contributed by atoms with van der Waals surface area (Å²) in [7, 11) is 11.0. The molecule has 124 heavy (non-hydrogen) atoms. The number of rotatable bonds is 34. The molecule has 0 fully saturated rings. The summed E-state index contributed by atoms with van der Waals surface area (Å²) in [4.78, 5) is 92.1. The molecule has 32 heteroatoms. The van der Waals surface area contributed by atoms with E-state index in [-0.39, 0.29) is 135 Å². The molecular formula is C92H111BrF4N2O25. The zero-order chi connectivity index (χ0) is 93.3. The molecule has 8 aromatic carbocycles. The van der Waals surface area contributed by atoms with Gasteiger partial charge in [-0.25, -0.2) is 27.2 Å². The van der Waals surface area contributed by atoms with Gasteiger partial charge in [-0.3, -0.25) is 28.8 Å². The van der Waals surface area contributed by atoms with Crippen LogP contribution in [0.1, 0.15) is 144 Å². The normalized spacial score (nSPS) is 10.7. The lowest BCUT2D eigenvalue weighted by atomic mass is 10.0. The summed E-state index contributed by atoms with van der Waals surface area (Å²) in [6.45, 7) is 20.6. The summed E-state index contributed by atoms with van der Waals surface area (Å²) in [5.74, 6) is -2.76. The second-order valence-electron chi connectivity index (χ2n) is 28.3. The van der Waals surface area contributed by atoms with Crippen LogP contribution in [0, 0.1) is 23.3 Å². The molecule has 0 saturated carbocycles. The average Bonchev–Trinajstić information content (AvgIpc) is 0.839. The van der Waals surface area contributed by atoms with Crippen LogP contribution in [0.5, 0.6) is 69.0 Å². The van der Waals surface area contributed by atoms with Crippen LogP contribution in [0.15, 0.2) is 158 Å². The van der Waals surface area contributed by atoms with Crippen LogP contribution in [0.25, 0.3) is 12.2 Å². The van der Waals surface area contributed by atoms with Gasteiger partial charge in [0, 0.05) is 52.9 Å². The molecule has 0 aliphatic rings. The molecular weight excluding hydrogens is 1690 g/mol. The third-order valence-electron chi connectivity index (χ3n) is 15.3. The van der Waals surface area contributed by atoms with E-state index in [1.807, 2.05) is 20.8 Å². The van der Waals surface area contributed by atoms with Gasteiger partial charge in [0.05, 0.1) is 88.9 Å². The third kappa shape index (κ3) is 40.6. The summed E-state index contributed by atoms with van der Waals surface area (Å²) in [5.41, 5.74) is 11.1. The van der Waals surface area contributed by atoms with Crippen molar-refractivity contribution in [3.63, 3.8) is 0 Å². The minimum absolute atomic E-state index is 0.00320. The first kappa shape index (κ1) is 108. The number of methoxy groups -OCH3 is 8. The highest BCUT2D eigenvalue weighted by atomic mass is 79.9. The van der Waals surface area contributed by atoms with Crippen molar-refractivity contribution in [2.24, 2.45) is 11.5 Å². The van der Waals surface area contributed by atoms with E-state index in [2.05, 4.69) is 15.9 Å². The first-order valence-corrected chi connectivity index (χ1v) is 39.1. The molecule has 8 rings (SSSR count). The maximum atomic E-state index is 14.6. The Morgan fingerprint density at radius 3 is 1.10 bits per heavy atom. The summed E-state index contributed by atoms with van der Waals surface area (Å²) in [5, 5.41) is 18.5. The number of hydrogen-bond donors (Lipinski definition) is 4. The number of esters is 3. The van der Waals surface area contributed by atoms with E-state index < -0.39 is 46.4 Å². The smallest absolute Gasteiger partial charge is 0.344 e. The highest BCUT2D eigenvalue weighted by Gasteiger charge is 2.23. The van der Waals surface area contributed by atoms with Gasteiger partial charge in [0.15, 0.2) is 112 Å². The maximum absolute atomic E-state index is 14.6. The van der Waals surface area contributed by atoms with E-state index in [1.54, 1.807) is 133 Å². The standard InChI is InChI=1S/C23H27FO6.C23H25FO6.C17H15FO4.C9H9FO3.C8H8O2.C6H11BrO2.C6H16N2O2/c2*1-23(2,3)30-20(26)14-29-17-8-6-7-16(13-17)18(25)11-9-15-10-12-19(27-4)22(28-5)21(15)24;1-21-15-9-7-11(16(18)17(15)22-2)6-8-14(20)12-4-3-5-13(19)10-12;1-12-7-4-3-6(5-11)8(10)9(7)13-2;1-6(9)7-3-2-4-8(10)5-7;1-6(2,3)9-5(8)4-7;7-1-3-9-5-6-10-4-2-8/h6-8,10,12-13H,9,11,14H2,1-5H3;6-13H,14H2,1-5H3;3-10,19H,1-2H3;3-5H,1-2H3;2-5,10H,1H3;4H2,1-3H3;1-8H2/b;11-9+;8-6+;;;;. The second kappa shape index (κ2) is 56.3. The number of aldehydes is 1. The molecule has 0 radical (unpaired) electrons. The lowest BCUT2D eigenvalue weighted by molar-refractivity contribution is -0.158. The number of aromatic hydroxyl groups is 2. The van der Waals surface area contributed by atoms with Crippen LogP contribution in [0.3, 0.4) is 0 Å². The Bertz CT molecular complexity index is 4800. The number of ketones is 4. The highest BCUT2D eigenvalue weighted by Crippen LogP contribution is 2.36. The van der Waals surface area contributed by atoms with Gasteiger partial charge < -0.3 is 92.7 Å². The number of alkyl halides is 1. The third-order valence-corrected chi connectivity index (χ3v) is 15.8. The number of aryl methyl sites for hydroxylation is 1. The molecule has 8 aromatic rings. The van der Waals surface area contributed by atoms with E-state index in [0.29, 0.717) is 90.9 Å². The monoisotopic (exact) mass is 1800 g/mol. The van der Waals surface area contributed by atoms with Crippen LogP contribution in [0.2, 0.25) is 0 Å². The largest absolute Gasteiger partial charge is 0.508 e. The second-order valence-corrected chi connectivity index (χ2v) is 28.9. The van der Waals surface area contributed by atoms with E-state index in [4.69, 9.17) is 87.6 Å². The Morgan fingerprint density at radius 2 is 0.750 bits per heavy atom. The topological polar surface area (TPSA) is 368 Å². The first-order chi connectivity index (χ1) is 58.6. The summed E-state index contributed by atoms with van der Waals surface area (Å²) < 4.78 is 132. The van der Waals surface area contributed by atoms with Crippen LogP contribution >= 0.6 is 15.9 Å². The van der Waals surface area contributed by atoms with Gasteiger partial charge in [0.25, 0.3) is 0 Å². The summed E-state index contributed by atoms with van der Waals surface area (Å²) in [6, 6.07) is 37.2. The number of nitrogens with two attached hydrogens (primary N) is 2. The number of halogens is 5. The SMILES string of the molecule is CC(=O)c1cccc(O)c1.CC(C)(C)OC(=O)CBr.COc1ccc(/C=C/C(=O)c2cccc(O)c2)c(F)c1OC.COc1ccc(/C=C/C(=O)c2cccc(OCC(=O)OC(C)(C)C)c2)c(F)c1OC.COc1ccc(C=O)c(F)c1OC.COc1ccc(CCC(=O)c2cccc(OCC(=O)OC(C)(C)C)c2)c(F)c1OC.NCCOCCOCCN. The molecule has 0 heterocycles. The molecule has 0 aromatic heterocycles. The minimum atomic E-state index is -0.697. The molecule has 0 spiro atoms. The molecule has 0 aliphatic carbocycles. The number of ether oxygens (including phenoxy) is 15. The van der Waals surface area contributed by atoms with Crippen LogP contribution in [-0.4, -0.2) is 189 Å². The van der Waals surface area contributed by atoms with Crippen molar-refractivity contribution in [1.29, 1.82) is 0 Å². The number of phenolic OH excluding ortho intramolecular Hbond substituents is 2. The Balaban J connectivity index is 0.000000516. The molecule has 0 atom stereocenters. The van der Waals surface area contributed by atoms with Crippen molar-refractivity contribution in [3.8, 4) is 69.0 Å². The van der Waals surface area contributed by atoms with Crippen LogP contribution < -0.4 is 58.8 Å².